The Labute approximate surface area is 148 Å². The molecular formula is C17H21N5O4. The van der Waals surface area contributed by atoms with Gasteiger partial charge in [-0.25, -0.2) is 4.79 Å². The molecule has 0 aliphatic heterocycles. The van der Waals surface area contributed by atoms with E-state index in [-0.39, 0.29) is 30.3 Å². The number of imidazole rings is 1. The van der Waals surface area contributed by atoms with Crippen molar-refractivity contribution >= 4 is 17.1 Å². The number of aromatic amines is 1. The molecule has 3 aromatic rings. The lowest BCUT2D eigenvalue weighted by Crippen LogP contribution is -2.30. The summed E-state index contributed by atoms with van der Waals surface area (Å²) in [6.07, 6.45) is 0.0182. The summed E-state index contributed by atoms with van der Waals surface area (Å²) in [7, 11) is 1.48. The summed E-state index contributed by atoms with van der Waals surface area (Å²) in [5.74, 6) is 0.683. The molecule has 1 atom stereocenters. The molecular weight excluding hydrogens is 338 g/mol. The van der Waals surface area contributed by atoms with Crippen LogP contribution >= 0.6 is 0 Å². The highest BCUT2D eigenvalue weighted by atomic mass is 16.5. The van der Waals surface area contributed by atoms with E-state index >= 15 is 0 Å². The predicted molar refractivity (Wildman–Crippen MR) is 97.3 cm³/mol. The molecule has 0 saturated carbocycles. The fraction of sp³-hybridized carbons (Fsp3) is 0.353. The van der Waals surface area contributed by atoms with Crippen molar-refractivity contribution in [3.05, 3.63) is 50.7 Å². The minimum Gasteiger partial charge on any atom is -0.491 e. The van der Waals surface area contributed by atoms with Gasteiger partial charge in [-0.05, 0) is 24.1 Å². The Morgan fingerprint density at radius 3 is 2.65 bits per heavy atom. The number of hydrogen-bond acceptors (Lipinski definition) is 6. The van der Waals surface area contributed by atoms with E-state index in [9.17, 15) is 14.7 Å². The van der Waals surface area contributed by atoms with Gasteiger partial charge in [-0.3, -0.25) is 14.3 Å². The highest BCUT2D eigenvalue weighted by Crippen LogP contribution is 2.15. The highest BCUT2D eigenvalue weighted by Gasteiger charge is 2.18. The first-order chi connectivity index (χ1) is 12.4. The van der Waals surface area contributed by atoms with Gasteiger partial charge in [0.1, 0.15) is 18.5 Å². The van der Waals surface area contributed by atoms with Crippen LogP contribution in [0.4, 0.5) is 5.95 Å². The number of fused-ring (bicyclic) bond motifs is 1. The topological polar surface area (TPSA) is 128 Å². The summed E-state index contributed by atoms with van der Waals surface area (Å²) < 4.78 is 8.15. The van der Waals surface area contributed by atoms with Crippen LogP contribution in [0.1, 0.15) is 12.5 Å². The molecule has 0 saturated heterocycles. The fourth-order valence-corrected chi connectivity index (χ4v) is 2.71. The molecule has 0 aliphatic carbocycles. The fourth-order valence-electron chi connectivity index (χ4n) is 2.71. The molecule has 0 aliphatic rings. The van der Waals surface area contributed by atoms with Crippen LogP contribution in [-0.2, 0) is 20.0 Å². The van der Waals surface area contributed by atoms with Gasteiger partial charge in [-0.1, -0.05) is 19.1 Å². The third kappa shape index (κ3) is 3.33. The van der Waals surface area contributed by atoms with E-state index in [4.69, 9.17) is 10.5 Å². The number of hydrogen-bond donors (Lipinski definition) is 3. The monoisotopic (exact) mass is 359 g/mol. The van der Waals surface area contributed by atoms with Crippen LogP contribution in [0.2, 0.25) is 0 Å². The van der Waals surface area contributed by atoms with Crippen LogP contribution in [0.3, 0.4) is 0 Å². The molecule has 9 heteroatoms. The summed E-state index contributed by atoms with van der Waals surface area (Å²) in [5, 5.41) is 10.3. The molecule has 26 heavy (non-hydrogen) atoms. The zero-order valence-corrected chi connectivity index (χ0v) is 14.6. The number of aryl methyl sites for hydroxylation is 2. The molecule has 0 bridgehead atoms. The van der Waals surface area contributed by atoms with Crippen molar-refractivity contribution in [3.8, 4) is 5.75 Å². The van der Waals surface area contributed by atoms with E-state index in [1.807, 2.05) is 24.3 Å². The molecule has 0 spiro atoms. The summed E-state index contributed by atoms with van der Waals surface area (Å²) in [6, 6.07) is 7.60. The summed E-state index contributed by atoms with van der Waals surface area (Å²) >= 11 is 0. The Balaban J connectivity index is 1.78. The number of nitrogen functional groups attached to an aromatic ring is 1. The number of aromatic nitrogens is 4. The van der Waals surface area contributed by atoms with Gasteiger partial charge in [0.25, 0.3) is 5.56 Å². The normalized spacial score (nSPS) is 12.4. The van der Waals surface area contributed by atoms with Crippen molar-refractivity contribution < 1.29 is 9.84 Å². The van der Waals surface area contributed by atoms with E-state index < -0.39 is 17.4 Å². The van der Waals surface area contributed by atoms with Crippen LogP contribution in [0, 0.1) is 0 Å². The van der Waals surface area contributed by atoms with Crippen molar-refractivity contribution in [1.82, 2.24) is 19.1 Å². The number of anilines is 1. The third-order valence-electron chi connectivity index (χ3n) is 4.20. The maximum atomic E-state index is 12.1. The number of benzene rings is 1. The zero-order chi connectivity index (χ0) is 18.8. The quantitative estimate of drug-likeness (QED) is 0.569. The second kappa shape index (κ2) is 7.04. The van der Waals surface area contributed by atoms with E-state index in [1.165, 1.54) is 21.7 Å². The first-order valence-electron chi connectivity index (χ1n) is 8.25. The third-order valence-corrected chi connectivity index (χ3v) is 4.20. The maximum absolute atomic E-state index is 12.1. The number of aliphatic hydroxyl groups excluding tert-OH is 1. The second-order valence-corrected chi connectivity index (χ2v) is 6.03. The van der Waals surface area contributed by atoms with Gasteiger partial charge < -0.3 is 20.1 Å². The highest BCUT2D eigenvalue weighted by molar-refractivity contribution is 5.73. The van der Waals surface area contributed by atoms with Gasteiger partial charge in [0.15, 0.2) is 11.2 Å². The van der Waals surface area contributed by atoms with Crippen molar-refractivity contribution in [1.29, 1.82) is 0 Å². The Bertz CT molecular complexity index is 1030. The number of nitrogens with zero attached hydrogens (tertiary/aromatic N) is 3. The number of nitrogens with one attached hydrogen (secondary N) is 1. The first-order valence-corrected chi connectivity index (χ1v) is 8.25. The Hall–Kier alpha value is -3.07. The molecule has 2 aromatic heterocycles. The molecule has 0 unspecified atom stereocenters. The lowest BCUT2D eigenvalue weighted by Gasteiger charge is -2.14. The summed E-state index contributed by atoms with van der Waals surface area (Å²) in [5.41, 5.74) is 6.18. The van der Waals surface area contributed by atoms with Crippen molar-refractivity contribution in [2.75, 3.05) is 12.3 Å². The number of ether oxygens (including phenoxy) is 1. The van der Waals surface area contributed by atoms with Gasteiger partial charge in [-0.15, -0.1) is 0 Å². The Kier molecular flexibility index (Phi) is 4.81. The number of aliphatic hydroxyl groups is 1. The minimum atomic E-state index is -0.919. The minimum absolute atomic E-state index is 0.0106. The van der Waals surface area contributed by atoms with Crippen LogP contribution < -0.4 is 21.7 Å². The smallest absolute Gasteiger partial charge is 0.329 e. The number of H-pyrrole nitrogens is 1. The van der Waals surface area contributed by atoms with E-state index in [0.717, 1.165) is 6.42 Å². The molecule has 138 valence electrons. The van der Waals surface area contributed by atoms with Crippen LogP contribution in [-0.4, -0.2) is 36.9 Å². The van der Waals surface area contributed by atoms with Crippen molar-refractivity contribution in [2.45, 2.75) is 26.0 Å². The summed E-state index contributed by atoms with van der Waals surface area (Å²) in [6.45, 7) is 2.10. The number of nitrogens with two attached hydrogens (primary N) is 1. The Morgan fingerprint density at radius 1 is 1.31 bits per heavy atom. The van der Waals surface area contributed by atoms with Crippen LogP contribution in [0.5, 0.6) is 5.75 Å². The lowest BCUT2D eigenvalue weighted by molar-refractivity contribution is 0.0939. The molecule has 0 amide bonds. The average molecular weight is 359 g/mol. The number of rotatable bonds is 6. The molecule has 2 heterocycles. The van der Waals surface area contributed by atoms with E-state index in [0.29, 0.717) is 5.75 Å². The maximum Gasteiger partial charge on any atom is 0.329 e. The van der Waals surface area contributed by atoms with Gasteiger partial charge in [-0.2, -0.15) is 4.98 Å². The van der Waals surface area contributed by atoms with Gasteiger partial charge >= 0.3 is 5.69 Å². The second-order valence-electron chi connectivity index (χ2n) is 6.03. The SMILES string of the molecule is CCc1ccc(OC[C@H](O)Cn2c(N)nc3c2c(=O)[nH]c(=O)n3C)cc1. The Morgan fingerprint density at radius 2 is 2.00 bits per heavy atom. The first kappa shape index (κ1) is 17.7. The average Bonchev–Trinajstić information content (AvgIpc) is 2.95. The van der Waals surface area contributed by atoms with E-state index in [2.05, 4.69) is 16.9 Å². The van der Waals surface area contributed by atoms with E-state index in [1.54, 1.807) is 0 Å². The summed E-state index contributed by atoms with van der Waals surface area (Å²) in [4.78, 5) is 30.0. The van der Waals surface area contributed by atoms with Gasteiger partial charge in [0, 0.05) is 7.05 Å². The molecule has 0 fully saturated rings. The van der Waals surface area contributed by atoms with Crippen molar-refractivity contribution in [2.24, 2.45) is 7.05 Å². The molecule has 3 rings (SSSR count). The van der Waals surface area contributed by atoms with Crippen LogP contribution in [0.25, 0.3) is 11.2 Å². The van der Waals surface area contributed by atoms with Crippen molar-refractivity contribution in [3.63, 3.8) is 0 Å². The largest absolute Gasteiger partial charge is 0.491 e. The molecule has 4 N–H and O–H groups in total. The van der Waals surface area contributed by atoms with Gasteiger partial charge in [0.05, 0.1) is 6.54 Å². The zero-order valence-electron chi connectivity index (χ0n) is 14.6. The molecule has 9 nitrogen and oxygen atoms in total. The van der Waals surface area contributed by atoms with Crippen LogP contribution in [0.15, 0.2) is 33.9 Å². The molecule has 0 radical (unpaired) electrons. The lowest BCUT2D eigenvalue weighted by atomic mass is 10.2. The standard InChI is InChI=1S/C17H21N5O4/c1-3-10-4-6-12(7-5-10)26-9-11(23)8-22-13-14(19-16(22)18)21(2)17(25)20-15(13)24/h4-7,11,23H,3,8-9H2,1-2H3,(H2,18,19)(H,20,24,25)/t11-/m1/s1. The van der Waals surface area contributed by atoms with Gasteiger partial charge in [0.2, 0.25) is 5.95 Å². The predicted octanol–water partition coefficient (Wildman–Crippen LogP) is 0.00780. The molecule has 1 aromatic carbocycles.